The van der Waals surface area contributed by atoms with Crippen molar-refractivity contribution in [2.24, 2.45) is 0 Å². The maximum absolute atomic E-state index is 13.2. The summed E-state index contributed by atoms with van der Waals surface area (Å²) in [4.78, 5) is 4.12. The van der Waals surface area contributed by atoms with Crippen LogP contribution in [-0.2, 0) is 0 Å². The van der Waals surface area contributed by atoms with E-state index in [0.717, 1.165) is 9.71 Å². The molecule has 0 aliphatic heterocycles. The van der Waals surface area contributed by atoms with Crippen LogP contribution in [0.2, 0.25) is 0 Å². The molecule has 0 amide bonds. The number of halogens is 2. The van der Waals surface area contributed by atoms with E-state index in [9.17, 15) is 4.39 Å². The fraction of sp³-hybridized carbons (Fsp3) is 0.222. The maximum Gasteiger partial charge on any atom is 0.150 e. The molecule has 0 N–H and O–H groups in total. The zero-order valence-electron chi connectivity index (χ0n) is 6.92. The van der Waals surface area contributed by atoms with Gasteiger partial charge in [-0.1, -0.05) is 6.07 Å². The number of para-hydroxylation sites is 1. The molecular weight excluding hydrogens is 209 g/mol. The standard InChI is InChI=1S/C9H7ClFNS/c1-5(10)9-12-8-6(11)3-2-4-7(8)13-9/h2-5H,1H3. The quantitative estimate of drug-likeness (QED) is 0.661. The van der Waals surface area contributed by atoms with Gasteiger partial charge in [-0.05, 0) is 19.1 Å². The number of fused-ring (bicyclic) bond motifs is 1. The lowest BCUT2D eigenvalue weighted by molar-refractivity contribution is 0.637. The zero-order valence-corrected chi connectivity index (χ0v) is 8.49. The van der Waals surface area contributed by atoms with Crippen molar-refractivity contribution in [2.45, 2.75) is 12.3 Å². The summed E-state index contributed by atoms with van der Waals surface area (Å²) >= 11 is 7.29. The Bertz CT molecular complexity index is 438. The highest BCUT2D eigenvalue weighted by molar-refractivity contribution is 7.18. The average molecular weight is 216 g/mol. The first kappa shape index (κ1) is 8.91. The van der Waals surface area contributed by atoms with Gasteiger partial charge in [0.15, 0.2) is 0 Å². The van der Waals surface area contributed by atoms with Crippen molar-refractivity contribution in [3.8, 4) is 0 Å². The fourth-order valence-electron chi connectivity index (χ4n) is 1.10. The predicted octanol–water partition coefficient (Wildman–Crippen LogP) is 3.74. The third-order valence-electron chi connectivity index (χ3n) is 1.73. The summed E-state index contributed by atoms with van der Waals surface area (Å²) in [6.45, 7) is 1.83. The Morgan fingerprint density at radius 2 is 2.31 bits per heavy atom. The summed E-state index contributed by atoms with van der Waals surface area (Å²) in [5.41, 5.74) is 0.426. The Hall–Kier alpha value is -0.670. The van der Waals surface area contributed by atoms with Gasteiger partial charge >= 0.3 is 0 Å². The first-order valence-electron chi connectivity index (χ1n) is 3.87. The van der Waals surface area contributed by atoms with Gasteiger partial charge in [0.25, 0.3) is 0 Å². The molecule has 1 aromatic carbocycles. The van der Waals surface area contributed by atoms with Crippen LogP contribution >= 0.6 is 22.9 Å². The predicted molar refractivity (Wildman–Crippen MR) is 53.8 cm³/mol. The fourth-order valence-corrected chi connectivity index (χ4v) is 2.20. The largest absolute Gasteiger partial charge is 0.237 e. The van der Waals surface area contributed by atoms with E-state index in [4.69, 9.17) is 11.6 Å². The molecule has 2 rings (SSSR count). The second-order valence-corrected chi connectivity index (χ2v) is 4.47. The molecule has 0 aliphatic rings. The highest BCUT2D eigenvalue weighted by Gasteiger charge is 2.10. The van der Waals surface area contributed by atoms with E-state index < -0.39 is 0 Å². The average Bonchev–Trinajstić information content (AvgIpc) is 2.49. The molecule has 13 heavy (non-hydrogen) atoms. The van der Waals surface area contributed by atoms with Crippen LogP contribution in [-0.4, -0.2) is 4.98 Å². The summed E-state index contributed by atoms with van der Waals surface area (Å²) in [6, 6.07) is 4.93. The second-order valence-electron chi connectivity index (χ2n) is 2.75. The minimum atomic E-state index is -0.280. The van der Waals surface area contributed by atoms with Gasteiger partial charge < -0.3 is 0 Å². The summed E-state index contributed by atoms with van der Waals surface area (Å²) < 4.78 is 14.0. The maximum atomic E-state index is 13.2. The summed E-state index contributed by atoms with van der Waals surface area (Å²) in [7, 11) is 0. The molecule has 0 spiro atoms. The lowest BCUT2D eigenvalue weighted by Crippen LogP contribution is -1.81. The highest BCUT2D eigenvalue weighted by Crippen LogP contribution is 2.30. The molecular formula is C9H7ClFNS. The number of thiazole rings is 1. The van der Waals surface area contributed by atoms with E-state index in [1.165, 1.54) is 17.4 Å². The number of hydrogen-bond donors (Lipinski definition) is 0. The van der Waals surface area contributed by atoms with Gasteiger partial charge in [0.2, 0.25) is 0 Å². The number of alkyl halides is 1. The molecule has 0 saturated carbocycles. The van der Waals surface area contributed by atoms with Crippen molar-refractivity contribution in [3.05, 3.63) is 29.0 Å². The Balaban J connectivity index is 2.68. The van der Waals surface area contributed by atoms with Crippen LogP contribution in [0.1, 0.15) is 17.3 Å². The van der Waals surface area contributed by atoms with Crippen molar-refractivity contribution in [2.75, 3.05) is 0 Å². The van der Waals surface area contributed by atoms with Gasteiger partial charge in [-0.25, -0.2) is 9.37 Å². The van der Waals surface area contributed by atoms with E-state index in [1.54, 1.807) is 6.07 Å². The van der Waals surface area contributed by atoms with E-state index in [1.807, 2.05) is 13.0 Å². The molecule has 1 unspecified atom stereocenters. The molecule has 0 radical (unpaired) electrons. The first-order valence-corrected chi connectivity index (χ1v) is 5.13. The van der Waals surface area contributed by atoms with Gasteiger partial charge in [0, 0.05) is 0 Å². The molecule has 0 aliphatic carbocycles. The second kappa shape index (κ2) is 3.24. The van der Waals surface area contributed by atoms with E-state index in [2.05, 4.69) is 4.98 Å². The van der Waals surface area contributed by atoms with Gasteiger partial charge in [0.05, 0.1) is 10.1 Å². The number of hydrogen-bond acceptors (Lipinski definition) is 2. The number of benzene rings is 1. The van der Waals surface area contributed by atoms with Crippen LogP contribution in [0.5, 0.6) is 0 Å². The third-order valence-corrected chi connectivity index (χ3v) is 3.27. The van der Waals surface area contributed by atoms with Gasteiger partial charge in [-0.15, -0.1) is 22.9 Å². The van der Waals surface area contributed by atoms with Crippen molar-refractivity contribution in [1.29, 1.82) is 0 Å². The zero-order chi connectivity index (χ0) is 9.42. The lowest BCUT2D eigenvalue weighted by atomic mass is 10.3. The summed E-state index contributed by atoms with van der Waals surface area (Å²) in [6.07, 6.45) is 0. The van der Waals surface area contributed by atoms with Crippen LogP contribution in [0.15, 0.2) is 18.2 Å². The van der Waals surface area contributed by atoms with Crippen molar-refractivity contribution in [1.82, 2.24) is 4.98 Å². The lowest BCUT2D eigenvalue weighted by Gasteiger charge is -1.91. The Labute approximate surface area is 84.2 Å². The minimum absolute atomic E-state index is 0.156. The van der Waals surface area contributed by atoms with Crippen LogP contribution < -0.4 is 0 Å². The van der Waals surface area contributed by atoms with Crippen LogP contribution in [0.25, 0.3) is 10.2 Å². The normalized spacial score (nSPS) is 13.5. The summed E-state index contributed by atoms with van der Waals surface area (Å²) in [5, 5.41) is 0.610. The molecule has 2 aromatic rings. The van der Waals surface area contributed by atoms with E-state index >= 15 is 0 Å². The SMILES string of the molecule is CC(Cl)c1nc2c(F)cccc2s1. The van der Waals surface area contributed by atoms with Crippen LogP contribution in [0, 0.1) is 5.82 Å². The van der Waals surface area contributed by atoms with Gasteiger partial charge in [-0.2, -0.15) is 0 Å². The topological polar surface area (TPSA) is 12.9 Å². The Kier molecular flexibility index (Phi) is 2.22. The molecule has 0 fully saturated rings. The monoisotopic (exact) mass is 215 g/mol. The van der Waals surface area contributed by atoms with E-state index in [-0.39, 0.29) is 11.2 Å². The van der Waals surface area contributed by atoms with Gasteiger partial charge in [-0.3, -0.25) is 0 Å². The molecule has 68 valence electrons. The molecule has 0 bridgehead atoms. The summed E-state index contributed by atoms with van der Waals surface area (Å²) in [5.74, 6) is -0.280. The third kappa shape index (κ3) is 1.54. The number of nitrogens with zero attached hydrogens (tertiary/aromatic N) is 1. The Morgan fingerprint density at radius 1 is 1.54 bits per heavy atom. The molecule has 1 aromatic heterocycles. The molecule has 1 atom stereocenters. The number of aromatic nitrogens is 1. The Morgan fingerprint density at radius 3 is 2.92 bits per heavy atom. The molecule has 0 saturated heterocycles. The van der Waals surface area contributed by atoms with Crippen molar-refractivity contribution in [3.63, 3.8) is 0 Å². The molecule has 1 nitrogen and oxygen atoms in total. The van der Waals surface area contributed by atoms with Crippen LogP contribution in [0.3, 0.4) is 0 Å². The van der Waals surface area contributed by atoms with Crippen LogP contribution in [0.4, 0.5) is 4.39 Å². The highest BCUT2D eigenvalue weighted by atomic mass is 35.5. The van der Waals surface area contributed by atoms with Crippen molar-refractivity contribution >= 4 is 33.2 Å². The van der Waals surface area contributed by atoms with E-state index in [0.29, 0.717) is 5.52 Å². The molecule has 4 heteroatoms. The number of rotatable bonds is 1. The first-order chi connectivity index (χ1) is 6.18. The smallest absolute Gasteiger partial charge is 0.150 e. The van der Waals surface area contributed by atoms with Crippen molar-refractivity contribution < 1.29 is 4.39 Å². The minimum Gasteiger partial charge on any atom is -0.237 e. The van der Waals surface area contributed by atoms with Gasteiger partial charge in [0.1, 0.15) is 16.3 Å². The molecule has 1 heterocycles.